The number of hydrogen-bond acceptors (Lipinski definition) is 5. The molecule has 0 saturated heterocycles. The van der Waals surface area contributed by atoms with Crippen LogP contribution in [0.1, 0.15) is 16.4 Å². The second kappa shape index (κ2) is 6.83. The number of halogens is 1. The number of rotatable bonds is 4. The lowest BCUT2D eigenvalue weighted by Crippen LogP contribution is -2.17. The Morgan fingerprint density at radius 3 is 2.67 bits per heavy atom. The van der Waals surface area contributed by atoms with Crippen molar-refractivity contribution in [2.24, 2.45) is 0 Å². The van der Waals surface area contributed by atoms with Gasteiger partial charge in [-0.2, -0.15) is 5.10 Å². The number of amides is 1. The highest BCUT2D eigenvalue weighted by molar-refractivity contribution is 6.05. The van der Waals surface area contributed by atoms with E-state index >= 15 is 0 Å². The molecule has 2 aromatic heterocycles. The van der Waals surface area contributed by atoms with Gasteiger partial charge in [-0.05, 0) is 36.4 Å². The number of carbonyl (C=O) groups excluding carboxylic acids is 1. The molecule has 2 heterocycles. The van der Waals surface area contributed by atoms with Gasteiger partial charge in [-0.15, -0.1) is 10.2 Å². The normalized spacial score (nSPS) is 10.7. The first-order valence-electron chi connectivity index (χ1n) is 8.12. The van der Waals surface area contributed by atoms with Crippen LogP contribution in [0.3, 0.4) is 0 Å². The molecule has 4 aromatic rings. The molecule has 1 N–H and O–H groups in total. The first-order valence-corrected chi connectivity index (χ1v) is 8.12. The molecule has 2 aromatic carbocycles. The van der Waals surface area contributed by atoms with Gasteiger partial charge in [0, 0.05) is 6.92 Å². The van der Waals surface area contributed by atoms with Crippen molar-refractivity contribution < 1.29 is 13.6 Å². The Morgan fingerprint density at radius 2 is 1.93 bits per heavy atom. The average Bonchev–Trinajstić information content (AvgIpc) is 3.33. The highest BCUT2D eigenvalue weighted by Gasteiger charge is 2.18. The van der Waals surface area contributed by atoms with Crippen LogP contribution in [0.5, 0.6) is 0 Å². The Kier molecular flexibility index (Phi) is 4.21. The molecule has 0 spiro atoms. The lowest BCUT2D eigenvalue weighted by atomic mass is 10.1. The van der Waals surface area contributed by atoms with Gasteiger partial charge in [0.05, 0.1) is 23.1 Å². The Labute approximate surface area is 153 Å². The minimum Gasteiger partial charge on any atom is -0.421 e. The van der Waals surface area contributed by atoms with E-state index < -0.39 is 11.7 Å². The van der Waals surface area contributed by atoms with Crippen molar-refractivity contribution in [3.05, 3.63) is 78.2 Å². The number of nitrogens with zero attached hydrogens (tertiary/aromatic N) is 4. The highest BCUT2D eigenvalue weighted by atomic mass is 19.1. The van der Waals surface area contributed by atoms with Crippen molar-refractivity contribution in [1.29, 1.82) is 0 Å². The van der Waals surface area contributed by atoms with E-state index in [0.29, 0.717) is 22.8 Å². The van der Waals surface area contributed by atoms with Gasteiger partial charge in [0.15, 0.2) is 0 Å². The van der Waals surface area contributed by atoms with Gasteiger partial charge in [0.1, 0.15) is 11.5 Å². The maximum atomic E-state index is 13.7. The lowest BCUT2D eigenvalue weighted by molar-refractivity contribution is 0.101. The van der Waals surface area contributed by atoms with Gasteiger partial charge in [-0.3, -0.25) is 4.79 Å². The molecular weight excluding hydrogens is 349 g/mol. The molecule has 0 unspecified atom stereocenters. The van der Waals surface area contributed by atoms with Crippen LogP contribution in [0.4, 0.5) is 10.1 Å². The van der Waals surface area contributed by atoms with Gasteiger partial charge < -0.3 is 9.73 Å². The van der Waals surface area contributed by atoms with Crippen molar-refractivity contribution in [2.45, 2.75) is 6.92 Å². The zero-order valence-corrected chi connectivity index (χ0v) is 14.3. The number of carbonyl (C=O) groups is 1. The van der Waals surface area contributed by atoms with Crippen LogP contribution in [0.25, 0.3) is 17.1 Å². The SMILES string of the molecule is Cc1nnc(-c2cc(F)ccc2NC(=O)c2ccnn2-c2ccccc2)o1. The summed E-state index contributed by atoms with van der Waals surface area (Å²) < 4.78 is 20.6. The highest BCUT2D eigenvalue weighted by Crippen LogP contribution is 2.28. The van der Waals surface area contributed by atoms with Gasteiger partial charge in [-0.25, -0.2) is 9.07 Å². The second-order valence-electron chi connectivity index (χ2n) is 5.73. The fourth-order valence-corrected chi connectivity index (χ4v) is 2.64. The molecule has 0 aliphatic heterocycles. The molecule has 0 radical (unpaired) electrons. The van der Waals surface area contributed by atoms with Crippen LogP contribution >= 0.6 is 0 Å². The summed E-state index contributed by atoms with van der Waals surface area (Å²) in [6, 6.07) is 14.8. The van der Waals surface area contributed by atoms with Crippen molar-refractivity contribution in [3.8, 4) is 17.1 Å². The summed E-state index contributed by atoms with van der Waals surface area (Å²) in [4.78, 5) is 12.8. The van der Waals surface area contributed by atoms with E-state index in [1.54, 1.807) is 13.0 Å². The minimum absolute atomic E-state index is 0.124. The fourth-order valence-electron chi connectivity index (χ4n) is 2.64. The molecule has 1 amide bonds. The van der Waals surface area contributed by atoms with E-state index in [2.05, 4.69) is 20.6 Å². The first-order chi connectivity index (χ1) is 13.1. The zero-order valence-electron chi connectivity index (χ0n) is 14.3. The number of aryl methyl sites for hydroxylation is 1. The smallest absolute Gasteiger partial charge is 0.274 e. The summed E-state index contributed by atoms with van der Waals surface area (Å²) in [7, 11) is 0. The molecule has 4 rings (SSSR count). The zero-order chi connectivity index (χ0) is 18.8. The van der Waals surface area contributed by atoms with E-state index in [4.69, 9.17) is 4.42 Å². The van der Waals surface area contributed by atoms with Crippen molar-refractivity contribution >= 4 is 11.6 Å². The number of anilines is 1. The van der Waals surface area contributed by atoms with Crippen LogP contribution in [0.2, 0.25) is 0 Å². The van der Waals surface area contributed by atoms with Gasteiger partial charge >= 0.3 is 0 Å². The number of para-hydroxylation sites is 1. The summed E-state index contributed by atoms with van der Waals surface area (Å²) in [5, 5.41) is 14.6. The van der Waals surface area contributed by atoms with E-state index in [9.17, 15) is 9.18 Å². The third-order valence-electron chi connectivity index (χ3n) is 3.86. The van der Waals surface area contributed by atoms with Gasteiger partial charge in [0.2, 0.25) is 11.8 Å². The molecule has 0 fully saturated rings. The van der Waals surface area contributed by atoms with E-state index in [-0.39, 0.29) is 5.89 Å². The van der Waals surface area contributed by atoms with E-state index in [0.717, 1.165) is 5.69 Å². The first kappa shape index (κ1) is 16.6. The standard InChI is InChI=1S/C19H14FN5O2/c1-12-23-24-19(27-12)15-11-13(20)7-8-16(15)22-18(26)17-9-10-21-25(17)14-5-3-2-4-6-14/h2-11H,1H3,(H,22,26). The maximum absolute atomic E-state index is 13.7. The molecule has 27 heavy (non-hydrogen) atoms. The molecular formula is C19H14FN5O2. The molecule has 0 atom stereocenters. The predicted molar refractivity (Wildman–Crippen MR) is 95.9 cm³/mol. The minimum atomic E-state index is -0.479. The molecule has 0 aliphatic carbocycles. The Hall–Kier alpha value is -3.81. The monoisotopic (exact) mass is 363 g/mol. The molecule has 0 bridgehead atoms. The fraction of sp³-hybridized carbons (Fsp3) is 0.0526. The predicted octanol–water partition coefficient (Wildman–Crippen LogP) is 3.62. The van der Waals surface area contributed by atoms with Crippen LogP contribution in [0.15, 0.2) is 65.2 Å². The van der Waals surface area contributed by atoms with E-state index in [1.807, 2.05) is 30.3 Å². The number of hydrogen-bond donors (Lipinski definition) is 1. The van der Waals surface area contributed by atoms with Crippen LogP contribution in [-0.4, -0.2) is 25.9 Å². The number of benzene rings is 2. The maximum Gasteiger partial charge on any atom is 0.274 e. The quantitative estimate of drug-likeness (QED) is 0.598. The Balaban J connectivity index is 1.68. The third-order valence-corrected chi connectivity index (χ3v) is 3.86. The molecule has 0 aliphatic rings. The molecule has 7 nitrogen and oxygen atoms in total. The third kappa shape index (κ3) is 3.32. The van der Waals surface area contributed by atoms with Crippen LogP contribution in [0, 0.1) is 12.7 Å². The second-order valence-corrected chi connectivity index (χ2v) is 5.73. The van der Waals surface area contributed by atoms with Crippen LogP contribution < -0.4 is 5.32 Å². The van der Waals surface area contributed by atoms with Crippen LogP contribution in [-0.2, 0) is 0 Å². The Morgan fingerprint density at radius 1 is 1.11 bits per heavy atom. The summed E-state index contributed by atoms with van der Waals surface area (Å²) in [6.07, 6.45) is 1.54. The average molecular weight is 363 g/mol. The number of aromatic nitrogens is 4. The summed E-state index contributed by atoms with van der Waals surface area (Å²) >= 11 is 0. The topological polar surface area (TPSA) is 85.8 Å². The summed E-state index contributed by atoms with van der Waals surface area (Å²) in [5.74, 6) is -0.416. The van der Waals surface area contributed by atoms with Gasteiger partial charge in [0.25, 0.3) is 5.91 Å². The number of nitrogens with one attached hydrogen (secondary N) is 1. The van der Waals surface area contributed by atoms with E-state index in [1.165, 1.54) is 29.1 Å². The lowest BCUT2D eigenvalue weighted by Gasteiger charge is -2.10. The molecule has 0 saturated carbocycles. The largest absolute Gasteiger partial charge is 0.421 e. The van der Waals surface area contributed by atoms with Crippen molar-refractivity contribution in [3.63, 3.8) is 0 Å². The summed E-state index contributed by atoms with van der Waals surface area (Å²) in [5.41, 5.74) is 1.73. The van der Waals surface area contributed by atoms with Crippen molar-refractivity contribution in [1.82, 2.24) is 20.0 Å². The molecule has 8 heteroatoms. The summed E-state index contributed by atoms with van der Waals surface area (Å²) in [6.45, 7) is 1.63. The Bertz CT molecular complexity index is 1100. The van der Waals surface area contributed by atoms with Crippen molar-refractivity contribution in [2.75, 3.05) is 5.32 Å². The molecule has 134 valence electrons. The van der Waals surface area contributed by atoms with Gasteiger partial charge in [-0.1, -0.05) is 18.2 Å².